The van der Waals surface area contributed by atoms with Crippen LogP contribution in [0.25, 0.3) is 0 Å². The molecule has 4 nitrogen and oxygen atoms in total. The molecule has 1 N–H and O–H groups in total. The maximum absolute atomic E-state index is 13.0. The van der Waals surface area contributed by atoms with Crippen molar-refractivity contribution in [1.29, 1.82) is 0 Å². The Morgan fingerprint density at radius 2 is 1.69 bits per heavy atom. The SMILES string of the molecule is Cc1ccc(C)c(NC(=O)C2CCN(C(=O)c3ccc(F)cc3)CC2)c1. The van der Waals surface area contributed by atoms with Gasteiger partial charge in [-0.15, -0.1) is 0 Å². The molecule has 1 aliphatic rings. The summed E-state index contributed by atoms with van der Waals surface area (Å²) in [5, 5.41) is 3.02. The van der Waals surface area contributed by atoms with Crippen molar-refractivity contribution >= 4 is 17.5 Å². The average Bonchev–Trinajstić information content (AvgIpc) is 2.65. The number of hydrogen-bond acceptors (Lipinski definition) is 2. The van der Waals surface area contributed by atoms with Gasteiger partial charge in [-0.2, -0.15) is 0 Å². The molecule has 0 radical (unpaired) electrons. The normalized spacial score (nSPS) is 15.0. The highest BCUT2D eigenvalue weighted by Crippen LogP contribution is 2.23. The number of carbonyl (C=O) groups excluding carboxylic acids is 2. The van der Waals surface area contributed by atoms with Gasteiger partial charge in [0, 0.05) is 30.3 Å². The highest BCUT2D eigenvalue weighted by molar-refractivity contribution is 5.95. The Bertz CT molecular complexity index is 809. The van der Waals surface area contributed by atoms with Crippen LogP contribution in [0.5, 0.6) is 0 Å². The van der Waals surface area contributed by atoms with Gasteiger partial charge in [0.25, 0.3) is 5.91 Å². The van der Waals surface area contributed by atoms with E-state index in [-0.39, 0.29) is 23.5 Å². The van der Waals surface area contributed by atoms with E-state index in [1.165, 1.54) is 24.3 Å². The first kappa shape index (κ1) is 18.1. The van der Waals surface area contributed by atoms with E-state index < -0.39 is 0 Å². The second-order valence-electron chi connectivity index (χ2n) is 6.88. The lowest BCUT2D eigenvalue weighted by Crippen LogP contribution is -2.41. The standard InChI is InChI=1S/C21H23FN2O2/c1-14-3-4-15(2)19(13-14)23-20(25)16-9-11-24(12-10-16)21(26)17-5-7-18(22)8-6-17/h3-8,13,16H,9-12H2,1-2H3,(H,23,25). The number of aryl methyl sites for hydroxylation is 2. The molecule has 1 heterocycles. The van der Waals surface area contributed by atoms with Crippen LogP contribution in [-0.2, 0) is 4.79 Å². The van der Waals surface area contributed by atoms with E-state index in [0.717, 1.165) is 16.8 Å². The number of nitrogens with one attached hydrogen (secondary N) is 1. The molecule has 0 unspecified atom stereocenters. The van der Waals surface area contributed by atoms with Crippen LogP contribution in [-0.4, -0.2) is 29.8 Å². The Morgan fingerprint density at radius 1 is 1.04 bits per heavy atom. The first-order valence-corrected chi connectivity index (χ1v) is 8.87. The highest BCUT2D eigenvalue weighted by Gasteiger charge is 2.28. The van der Waals surface area contributed by atoms with Gasteiger partial charge < -0.3 is 10.2 Å². The minimum absolute atomic E-state index is 0.00702. The third kappa shape index (κ3) is 4.10. The molecule has 136 valence electrons. The Hall–Kier alpha value is -2.69. The lowest BCUT2D eigenvalue weighted by atomic mass is 9.95. The number of rotatable bonds is 3. The van der Waals surface area contributed by atoms with E-state index >= 15 is 0 Å². The first-order valence-electron chi connectivity index (χ1n) is 8.87. The Labute approximate surface area is 153 Å². The summed E-state index contributed by atoms with van der Waals surface area (Å²) in [5.74, 6) is -0.568. The van der Waals surface area contributed by atoms with Crippen LogP contribution >= 0.6 is 0 Å². The van der Waals surface area contributed by atoms with Gasteiger partial charge >= 0.3 is 0 Å². The molecule has 26 heavy (non-hydrogen) atoms. The molecule has 2 aromatic carbocycles. The fourth-order valence-corrected chi connectivity index (χ4v) is 3.23. The summed E-state index contributed by atoms with van der Waals surface area (Å²) in [6.07, 6.45) is 1.26. The molecule has 3 rings (SSSR count). The maximum Gasteiger partial charge on any atom is 0.253 e. The van der Waals surface area contributed by atoms with Crippen molar-refractivity contribution in [2.45, 2.75) is 26.7 Å². The van der Waals surface area contributed by atoms with Gasteiger partial charge in [-0.1, -0.05) is 12.1 Å². The van der Waals surface area contributed by atoms with Crippen LogP contribution in [0, 0.1) is 25.6 Å². The third-order valence-electron chi connectivity index (χ3n) is 4.90. The van der Waals surface area contributed by atoms with Gasteiger partial charge in [0.05, 0.1) is 0 Å². The second kappa shape index (κ2) is 7.68. The summed E-state index contributed by atoms with van der Waals surface area (Å²) < 4.78 is 13.0. The number of piperidine rings is 1. The van der Waals surface area contributed by atoms with Crippen molar-refractivity contribution in [2.75, 3.05) is 18.4 Å². The van der Waals surface area contributed by atoms with E-state index in [1.807, 2.05) is 32.0 Å². The van der Waals surface area contributed by atoms with Crippen LogP contribution in [0.15, 0.2) is 42.5 Å². The van der Waals surface area contributed by atoms with E-state index in [9.17, 15) is 14.0 Å². The second-order valence-corrected chi connectivity index (χ2v) is 6.88. The molecule has 1 saturated heterocycles. The van der Waals surface area contributed by atoms with Gasteiger partial charge in [-0.25, -0.2) is 4.39 Å². The molecule has 1 aliphatic heterocycles. The summed E-state index contributed by atoms with van der Waals surface area (Å²) in [6, 6.07) is 11.6. The zero-order valence-electron chi connectivity index (χ0n) is 15.1. The molecule has 0 spiro atoms. The predicted octanol–water partition coefficient (Wildman–Crippen LogP) is 3.93. The maximum atomic E-state index is 13.0. The zero-order valence-corrected chi connectivity index (χ0v) is 15.1. The monoisotopic (exact) mass is 354 g/mol. The summed E-state index contributed by atoms with van der Waals surface area (Å²) in [4.78, 5) is 26.8. The Kier molecular flexibility index (Phi) is 5.35. The Morgan fingerprint density at radius 3 is 2.35 bits per heavy atom. The summed E-state index contributed by atoms with van der Waals surface area (Å²) in [5.41, 5.74) is 3.46. The van der Waals surface area contributed by atoms with Crippen LogP contribution in [0.3, 0.4) is 0 Å². The highest BCUT2D eigenvalue weighted by atomic mass is 19.1. The molecule has 1 fully saturated rings. The topological polar surface area (TPSA) is 49.4 Å². The van der Waals surface area contributed by atoms with Crippen molar-refractivity contribution in [3.05, 3.63) is 65.0 Å². The molecular weight excluding hydrogens is 331 g/mol. The van der Waals surface area contributed by atoms with Crippen molar-refractivity contribution in [1.82, 2.24) is 4.90 Å². The average molecular weight is 354 g/mol. The molecular formula is C21H23FN2O2. The molecule has 5 heteroatoms. The van der Waals surface area contributed by atoms with E-state index in [0.29, 0.717) is 31.5 Å². The summed E-state index contributed by atoms with van der Waals surface area (Å²) in [7, 11) is 0. The molecule has 0 aliphatic carbocycles. The van der Waals surface area contributed by atoms with Crippen LogP contribution in [0.4, 0.5) is 10.1 Å². The fourth-order valence-electron chi connectivity index (χ4n) is 3.23. The summed E-state index contributed by atoms with van der Waals surface area (Å²) >= 11 is 0. The number of anilines is 1. The van der Waals surface area contributed by atoms with E-state index in [4.69, 9.17) is 0 Å². The minimum atomic E-state index is -0.358. The molecule has 0 bridgehead atoms. The Balaban J connectivity index is 1.57. The van der Waals surface area contributed by atoms with Gasteiger partial charge in [-0.05, 0) is 68.1 Å². The number of carbonyl (C=O) groups is 2. The van der Waals surface area contributed by atoms with Gasteiger partial charge in [-0.3, -0.25) is 9.59 Å². The van der Waals surface area contributed by atoms with Gasteiger partial charge in [0.1, 0.15) is 5.82 Å². The first-order chi connectivity index (χ1) is 12.4. The van der Waals surface area contributed by atoms with Crippen molar-refractivity contribution in [3.63, 3.8) is 0 Å². The number of nitrogens with zero attached hydrogens (tertiary/aromatic N) is 1. The van der Waals surface area contributed by atoms with Crippen molar-refractivity contribution in [2.24, 2.45) is 5.92 Å². The largest absolute Gasteiger partial charge is 0.339 e. The molecule has 0 atom stereocenters. The molecule has 0 aromatic heterocycles. The lowest BCUT2D eigenvalue weighted by molar-refractivity contribution is -0.121. The van der Waals surface area contributed by atoms with Crippen LogP contribution in [0.1, 0.15) is 34.3 Å². The molecule has 2 amide bonds. The quantitative estimate of drug-likeness (QED) is 0.908. The number of amides is 2. The number of benzene rings is 2. The van der Waals surface area contributed by atoms with Gasteiger partial charge in [0.15, 0.2) is 0 Å². The zero-order chi connectivity index (χ0) is 18.7. The minimum Gasteiger partial charge on any atom is -0.339 e. The van der Waals surface area contributed by atoms with Crippen LogP contribution < -0.4 is 5.32 Å². The third-order valence-corrected chi connectivity index (χ3v) is 4.90. The number of halogens is 1. The molecule has 2 aromatic rings. The summed E-state index contributed by atoms with van der Waals surface area (Å²) in [6.45, 7) is 5.02. The van der Waals surface area contributed by atoms with Crippen LogP contribution in [0.2, 0.25) is 0 Å². The number of hydrogen-bond donors (Lipinski definition) is 1. The van der Waals surface area contributed by atoms with Crippen molar-refractivity contribution < 1.29 is 14.0 Å². The number of likely N-dealkylation sites (tertiary alicyclic amines) is 1. The van der Waals surface area contributed by atoms with E-state index in [1.54, 1.807) is 4.90 Å². The van der Waals surface area contributed by atoms with E-state index in [2.05, 4.69) is 5.32 Å². The predicted molar refractivity (Wildman–Crippen MR) is 99.6 cm³/mol. The molecule has 0 saturated carbocycles. The fraction of sp³-hybridized carbons (Fsp3) is 0.333. The lowest BCUT2D eigenvalue weighted by Gasteiger charge is -2.31. The van der Waals surface area contributed by atoms with Gasteiger partial charge in [0.2, 0.25) is 5.91 Å². The van der Waals surface area contributed by atoms with Crippen molar-refractivity contribution in [3.8, 4) is 0 Å². The smallest absolute Gasteiger partial charge is 0.253 e.